The molecule has 0 aromatic heterocycles. The molecule has 0 amide bonds. The summed E-state index contributed by atoms with van der Waals surface area (Å²) >= 11 is 12.2. The van der Waals surface area contributed by atoms with E-state index in [4.69, 9.17) is 23.2 Å². The van der Waals surface area contributed by atoms with E-state index in [0.717, 1.165) is 25.1 Å². The van der Waals surface area contributed by atoms with Crippen LogP contribution in [0.25, 0.3) is 0 Å². The number of halogens is 2. The maximum Gasteiger partial charge on any atom is 0.0639 e. The van der Waals surface area contributed by atoms with E-state index in [1.807, 2.05) is 18.2 Å². The second-order valence-electron chi connectivity index (χ2n) is 4.48. The van der Waals surface area contributed by atoms with Gasteiger partial charge in [-0.25, -0.2) is 0 Å². The fourth-order valence-corrected chi connectivity index (χ4v) is 2.15. The lowest BCUT2D eigenvalue weighted by Crippen LogP contribution is -2.24. The molecule has 1 rings (SSSR count). The maximum atomic E-state index is 6.17. The van der Waals surface area contributed by atoms with Crippen molar-refractivity contribution in [3.05, 3.63) is 33.8 Å². The molecule has 0 heterocycles. The lowest BCUT2D eigenvalue weighted by atomic mass is 10.1. The quantitative estimate of drug-likeness (QED) is 0.798. The number of hydrogen-bond donors (Lipinski definition) is 1. The van der Waals surface area contributed by atoms with E-state index >= 15 is 0 Å². The summed E-state index contributed by atoms with van der Waals surface area (Å²) in [5.41, 5.74) is 1.06. The number of rotatable bonds is 6. The number of nitrogens with zero attached hydrogens (tertiary/aromatic N) is 1. The van der Waals surface area contributed by atoms with Gasteiger partial charge in [0.1, 0.15) is 0 Å². The van der Waals surface area contributed by atoms with Crippen molar-refractivity contribution in [2.24, 2.45) is 0 Å². The van der Waals surface area contributed by atoms with Crippen molar-refractivity contribution < 1.29 is 0 Å². The van der Waals surface area contributed by atoms with Gasteiger partial charge >= 0.3 is 0 Å². The van der Waals surface area contributed by atoms with Crippen LogP contribution in [-0.4, -0.2) is 32.1 Å². The molecule has 1 N–H and O–H groups in total. The molecule has 0 bridgehead atoms. The summed E-state index contributed by atoms with van der Waals surface area (Å²) in [6.45, 7) is 4.17. The van der Waals surface area contributed by atoms with Gasteiger partial charge in [-0.15, -0.1) is 0 Å². The van der Waals surface area contributed by atoms with Crippen LogP contribution in [0, 0.1) is 0 Å². The topological polar surface area (TPSA) is 15.3 Å². The third-order valence-electron chi connectivity index (χ3n) is 2.68. The standard InChI is InChI=1S/C13H20Cl2N2/c1-10(16-8-5-9-17(2)3)11-6-4-7-12(14)13(11)15/h4,6-7,10,16H,5,8-9H2,1-3H3. The SMILES string of the molecule is CC(NCCCN(C)C)c1cccc(Cl)c1Cl. The first-order valence-electron chi connectivity index (χ1n) is 5.84. The summed E-state index contributed by atoms with van der Waals surface area (Å²) in [5.74, 6) is 0. The van der Waals surface area contributed by atoms with E-state index in [9.17, 15) is 0 Å². The van der Waals surface area contributed by atoms with Gasteiger partial charge in [0.25, 0.3) is 0 Å². The Balaban J connectivity index is 2.47. The van der Waals surface area contributed by atoms with Gasteiger partial charge in [-0.3, -0.25) is 0 Å². The van der Waals surface area contributed by atoms with Gasteiger partial charge < -0.3 is 10.2 Å². The highest BCUT2D eigenvalue weighted by molar-refractivity contribution is 6.42. The smallest absolute Gasteiger partial charge is 0.0639 e. The number of benzene rings is 1. The maximum absolute atomic E-state index is 6.17. The molecule has 1 aromatic carbocycles. The zero-order chi connectivity index (χ0) is 12.8. The zero-order valence-electron chi connectivity index (χ0n) is 10.6. The van der Waals surface area contributed by atoms with Gasteiger partial charge in [-0.1, -0.05) is 35.3 Å². The van der Waals surface area contributed by atoms with Gasteiger partial charge in [0.2, 0.25) is 0 Å². The van der Waals surface area contributed by atoms with Gasteiger partial charge in [-0.2, -0.15) is 0 Å². The Morgan fingerprint density at radius 1 is 1.29 bits per heavy atom. The van der Waals surface area contributed by atoms with Crippen molar-refractivity contribution >= 4 is 23.2 Å². The van der Waals surface area contributed by atoms with Gasteiger partial charge in [-0.05, 0) is 52.2 Å². The minimum atomic E-state index is 0.225. The average Bonchev–Trinajstić information content (AvgIpc) is 2.27. The molecule has 0 aliphatic rings. The van der Waals surface area contributed by atoms with Crippen LogP contribution >= 0.6 is 23.2 Å². The van der Waals surface area contributed by atoms with Crippen molar-refractivity contribution in [2.75, 3.05) is 27.2 Å². The van der Waals surface area contributed by atoms with Crippen LogP contribution in [0.1, 0.15) is 24.9 Å². The van der Waals surface area contributed by atoms with Crippen molar-refractivity contribution in [3.8, 4) is 0 Å². The third-order valence-corrected chi connectivity index (χ3v) is 3.51. The molecular weight excluding hydrogens is 255 g/mol. The van der Waals surface area contributed by atoms with Crippen LogP contribution in [-0.2, 0) is 0 Å². The Labute approximate surface area is 114 Å². The van der Waals surface area contributed by atoms with Crippen LogP contribution in [0.3, 0.4) is 0 Å². The first-order chi connectivity index (χ1) is 8.02. The molecule has 0 spiro atoms. The second-order valence-corrected chi connectivity index (χ2v) is 5.26. The largest absolute Gasteiger partial charge is 0.310 e. The van der Waals surface area contributed by atoms with Gasteiger partial charge in [0.05, 0.1) is 10.0 Å². The Kier molecular flexibility index (Phi) is 6.28. The summed E-state index contributed by atoms with van der Waals surface area (Å²) < 4.78 is 0. The monoisotopic (exact) mass is 274 g/mol. The molecule has 1 aromatic rings. The van der Waals surface area contributed by atoms with Crippen molar-refractivity contribution in [3.63, 3.8) is 0 Å². The van der Waals surface area contributed by atoms with E-state index in [-0.39, 0.29) is 6.04 Å². The summed E-state index contributed by atoms with van der Waals surface area (Å²) in [7, 11) is 4.16. The van der Waals surface area contributed by atoms with Crippen LogP contribution in [0.4, 0.5) is 0 Å². The van der Waals surface area contributed by atoms with Crippen LogP contribution in [0.15, 0.2) is 18.2 Å². The van der Waals surface area contributed by atoms with Crippen molar-refractivity contribution in [2.45, 2.75) is 19.4 Å². The fourth-order valence-electron chi connectivity index (χ4n) is 1.68. The molecule has 0 radical (unpaired) electrons. The highest BCUT2D eigenvalue weighted by Crippen LogP contribution is 2.29. The lowest BCUT2D eigenvalue weighted by Gasteiger charge is -2.17. The fraction of sp³-hybridized carbons (Fsp3) is 0.538. The summed E-state index contributed by atoms with van der Waals surface area (Å²) in [6, 6.07) is 5.98. The number of hydrogen-bond acceptors (Lipinski definition) is 2. The van der Waals surface area contributed by atoms with Gasteiger partial charge in [0, 0.05) is 6.04 Å². The third kappa shape index (κ3) is 4.84. The van der Waals surface area contributed by atoms with Crippen LogP contribution in [0.2, 0.25) is 10.0 Å². The van der Waals surface area contributed by atoms with Crippen molar-refractivity contribution in [1.29, 1.82) is 0 Å². The molecule has 0 aliphatic carbocycles. The number of nitrogens with one attached hydrogen (secondary N) is 1. The second kappa shape index (κ2) is 7.22. The predicted molar refractivity (Wildman–Crippen MR) is 76.1 cm³/mol. The molecule has 0 aliphatic heterocycles. The predicted octanol–water partition coefficient (Wildman–Crippen LogP) is 3.60. The molecule has 0 saturated heterocycles. The summed E-state index contributed by atoms with van der Waals surface area (Å²) in [6.07, 6.45) is 1.12. The average molecular weight is 275 g/mol. The highest BCUT2D eigenvalue weighted by atomic mass is 35.5. The van der Waals surface area contributed by atoms with Gasteiger partial charge in [0.15, 0.2) is 0 Å². The van der Waals surface area contributed by atoms with E-state index in [0.29, 0.717) is 10.0 Å². The Bertz CT molecular complexity index is 353. The Morgan fingerprint density at radius 3 is 2.65 bits per heavy atom. The van der Waals surface area contributed by atoms with E-state index in [1.165, 1.54) is 0 Å². The van der Waals surface area contributed by atoms with E-state index < -0.39 is 0 Å². The van der Waals surface area contributed by atoms with E-state index in [1.54, 1.807) is 0 Å². The highest BCUT2D eigenvalue weighted by Gasteiger charge is 2.10. The molecule has 2 nitrogen and oxygen atoms in total. The van der Waals surface area contributed by atoms with Crippen LogP contribution < -0.4 is 5.32 Å². The van der Waals surface area contributed by atoms with Crippen LogP contribution in [0.5, 0.6) is 0 Å². The molecule has 0 fully saturated rings. The first kappa shape index (κ1) is 14.8. The molecule has 0 saturated carbocycles. The minimum Gasteiger partial charge on any atom is -0.310 e. The normalized spacial score (nSPS) is 13.1. The molecule has 1 unspecified atom stereocenters. The molecule has 1 atom stereocenters. The molecule has 4 heteroatoms. The zero-order valence-corrected chi connectivity index (χ0v) is 12.1. The first-order valence-corrected chi connectivity index (χ1v) is 6.60. The summed E-state index contributed by atoms with van der Waals surface area (Å²) in [4.78, 5) is 2.18. The van der Waals surface area contributed by atoms with Crippen molar-refractivity contribution in [1.82, 2.24) is 10.2 Å². The minimum absolute atomic E-state index is 0.225. The van der Waals surface area contributed by atoms with E-state index in [2.05, 4.69) is 31.2 Å². The Morgan fingerprint density at radius 2 is 2.00 bits per heavy atom. The molecule has 96 valence electrons. The summed E-state index contributed by atoms with van der Waals surface area (Å²) in [5, 5.41) is 4.72. The molecule has 17 heavy (non-hydrogen) atoms. The lowest BCUT2D eigenvalue weighted by molar-refractivity contribution is 0.389. The molecular formula is C13H20Cl2N2. The Hall–Kier alpha value is -0.280.